The number of rotatable bonds is 10. The Morgan fingerprint density at radius 3 is 2.57 bits per heavy atom. The smallest absolute Gasteiger partial charge is 0.304 e. The number of carbonyl (C=O) groups is 2. The number of aryl methyl sites for hydroxylation is 1. The minimum absolute atomic E-state index is 0.0460. The third-order valence-electron chi connectivity index (χ3n) is 3.26. The number of carboxylic acids is 1. The lowest BCUT2D eigenvalue weighted by molar-refractivity contribution is -0.137. The molecule has 116 valence electrons. The fraction of sp³-hybridized carbons (Fsp3) is 0.500. The van der Waals surface area contributed by atoms with E-state index in [4.69, 9.17) is 5.11 Å². The van der Waals surface area contributed by atoms with Crippen molar-refractivity contribution in [1.29, 1.82) is 0 Å². The molecule has 5 heteroatoms. The Morgan fingerprint density at radius 1 is 1.24 bits per heavy atom. The highest BCUT2D eigenvalue weighted by Gasteiger charge is 2.10. The summed E-state index contributed by atoms with van der Waals surface area (Å²) in [6, 6.07) is 10.2. The topological polar surface area (TPSA) is 69.6 Å². The molecule has 1 amide bonds. The molecule has 0 saturated carbocycles. The lowest BCUT2D eigenvalue weighted by Crippen LogP contribution is -2.38. The molecule has 0 saturated heterocycles. The summed E-state index contributed by atoms with van der Waals surface area (Å²) in [6.07, 6.45) is 1.91. The summed E-state index contributed by atoms with van der Waals surface area (Å²) in [7, 11) is 0. The van der Waals surface area contributed by atoms with Crippen LogP contribution in [0.1, 0.15) is 25.3 Å². The predicted octanol–water partition coefficient (Wildman–Crippen LogP) is 1.53. The van der Waals surface area contributed by atoms with Gasteiger partial charge in [0.05, 0.1) is 13.0 Å². The van der Waals surface area contributed by atoms with E-state index in [2.05, 4.69) is 17.4 Å². The van der Waals surface area contributed by atoms with E-state index in [0.717, 1.165) is 12.8 Å². The SMILES string of the molecule is CCN(CCC(=O)O)CC(=O)NCCCc1ccccc1. The summed E-state index contributed by atoms with van der Waals surface area (Å²) >= 11 is 0. The Kier molecular flexibility index (Phi) is 8.12. The normalized spacial score (nSPS) is 10.6. The molecule has 0 radical (unpaired) electrons. The summed E-state index contributed by atoms with van der Waals surface area (Å²) in [6.45, 7) is 3.90. The number of hydrogen-bond acceptors (Lipinski definition) is 3. The Labute approximate surface area is 126 Å². The van der Waals surface area contributed by atoms with Crippen LogP contribution in [0, 0.1) is 0 Å². The molecule has 0 aliphatic carbocycles. The number of nitrogens with one attached hydrogen (secondary N) is 1. The molecule has 1 aromatic rings. The molecule has 21 heavy (non-hydrogen) atoms. The first kappa shape index (κ1) is 17.2. The number of aliphatic carboxylic acids is 1. The molecule has 0 unspecified atom stereocenters. The number of hydrogen-bond donors (Lipinski definition) is 2. The van der Waals surface area contributed by atoms with E-state index in [1.54, 1.807) is 0 Å². The van der Waals surface area contributed by atoms with Crippen molar-refractivity contribution in [3.05, 3.63) is 35.9 Å². The molecule has 1 aromatic carbocycles. The zero-order valence-electron chi connectivity index (χ0n) is 12.5. The van der Waals surface area contributed by atoms with Crippen LogP contribution in [0.15, 0.2) is 30.3 Å². The van der Waals surface area contributed by atoms with E-state index in [0.29, 0.717) is 19.6 Å². The summed E-state index contributed by atoms with van der Waals surface area (Å²) in [5.74, 6) is -0.882. The van der Waals surface area contributed by atoms with Crippen molar-refractivity contribution in [2.45, 2.75) is 26.2 Å². The molecule has 0 aliphatic rings. The first-order valence-corrected chi connectivity index (χ1v) is 7.36. The molecule has 0 aromatic heterocycles. The van der Waals surface area contributed by atoms with Crippen molar-refractivity contribution >= 4 is 11.9 Å². The van der Waals surface area contributed by atoms with Crippen molar-refractivity contribution in [2.75, 3.05) is 26.2 Å². The van der Waals surface area contributed by atoms with Gasteiger partial charge in [0.2, 0.25) is 5.91 Å². The second kappa shape index (κ2) is 9.94. The average molecular weight is 292 g/mol. The Balaban J connectivity index is 2.16. The standard InChI is InChI=1S/C16H24N2O3/c1-2-18(12-10-16(20)21)13-15(19)17-11-6-9-14-7-4-3-5-8-14/h3-5,7-8H,2,6,9-13H2,1H3,(H,17,19)(H,20,21). The number of nitrogens with zero attached hydrogens (tertiary/aromatic N) is 1. The van der Waals surface area contributed by atoms with Crippen LogP contribution in [0.25, 0.3) is 0 Å². The highest BCUT2D eigenvalue weighted by molar-refractivity contribution is 5.78. The van der Waals surface area contributed by atoms with Crippen LogP contribution in [0.4, 0.5) is 0 Å². The summed E-state index contributed by atoms with van der Waals surface area (Å²) in [4.78, 5) is 24.1. The van der Waals surface area contributed by atoms with Gasteiger partial charge in [-0.1, -0.05) is 37.3 Å². The van der Waals surface area contributed by atoms with Crippen molar-refractivity contribution in [2.24, 2.45) is 0 Å². The Bertz CT molecular complexity index is 434. The van der Waals surface area contributed by atoms with Gasteiger partial charge in [-0.05, 0) is 24.9 Å². The van der Waals surface area contributed by atoms with Gasteiger partial charge in [0.1, 0.15) is 0 Å². The second-order valence-electron chi connectivity index (χ2n) is 4.95. The third kappa shape index (κ3) is 8.09. The lowest BCUT2D eigenvalue weighted by Gasteiger charge is -2.18. The predicted molar refractivity (Wildman–Crippen MR) is 82.1 cm³/mol. The van der Waals surface area contributed by atoms with E-state index in [-0.39, 0.29) is 18.9 Å². The number of likely N-dealkylation sites (N-methyl/N-ethyl adjacent to an activating group) is 1. The van der Waals surface area contributed by atoms with Crippen molar-refractivity contribution < 1.29 is 14.7 Å². The molecule has 0 heterocycles. The maximum absolute atomic E-state index is 11.8. The summed E-state index contributed by atoms with van der Waals surface area (Å²) < 4.78 is 0. The van der Waals surface area contributed by atoms with Crippen molar-refractivity contribution in [1.82, 2.24) is 10.2 Å². The number of carbonyl (C=O) groups excluding carboxylic acids is 1. The highest BCUT2D eigenvalue weighted by Crippen LogP contribution is 2.01. The van der Waals surface area contributed by atoms with Gasteiger partial charge in [0.25, 0.3) is 0 Å². The summed E-state index contributed by atoms with van der Waals surface area (Å²) in [5.41, 5.74) is 1.27. The fourth-order valence-electron chi connectivity index (χ4n) is 2.03. The molecule has 0 atom stereocenters. The quantitative estimate of drug-likeness (QED) is 0.642. The van der Waals surface area contributed by atoms with Crippen LogP contribution < -0.4 is 5.32 Å². The lowest BCUT2D eigenvalue weighted by atomic mass is 10.1. The number of amides is 1. The van der Waals surface area contributed by atoms with Gasteiger partial charge in [-0.3, -0.25) is 14.5 Å². The minimum Gasteiger partial charge on any atom is -0.481 e. The Morgan fingerprint density at radius 2 is 1.95 bits per heavy atom. The molecular formula is C16H24N2O3. The van der Waals surface area contributed by atoms with E-state index < -0.39 is 5.97 Å². The van der Waals surface area contributed by atoms with Gasteiger partial charge in [-0.15, -0.1) is 0 Å². The monoisotopic (exact) mass is 292 g/mol. The summed E-state index contributed by atoms with van der Waals surface area (Å²) in [5, 5.41) is 11.5. The van der Waals surface area contributed by atoms with E-state index >= 15 is 0 Å². The molecule has 1 rings (SSSR count). The second-order valence-corrected chi connectivity index (χ2v) is 4.95. The van der Waals surface area contributed by atoms with Crippen molar-refractivity contribution in [3.8, 4) is 0 Å². The van der Waals surface area contributed by atoms with Crippen LogP contribution >= 0.6 is 0 Å². The van der Waals surface area contributed by atoms with E-state index in [1.165, 1.54) is 5.56 Å². The van der Waals surface area contributed by atoms with Crippen LogP contribution in [-0.4, -0.2) is 48.1 Å². The third-order valence-corrected chi connectivity index (χ3v) is 3.26. The molecular weight excluding hydrogens is 268 g/mol. The van der Waals surface area contributed by atoms with Crippen LogP contribution in [-0.2, 0) is 16.0 Å². The molecule has 0 aliphatic heterocycles. The zero-order chi connectivity index (χ0) is 15.5. The van der Waals surface area contributed by atoms with Crippen molar-refractivity contribution in [3.63, 3.8) is 0 Å². The average Bonchev–Trinajstić information content (AvgIpc) is 2.49. The van der Waals surface area contributed by atoms with Gasteiger partial charge >= 0.3 is 5.97 Å². The number of benzene rings is 1. The molecule has 0 fully saturated rings. The van der Waals surface area contributed by atoms with Gasteiger partial charge in [-0.25, -0.2) is 0 Å². The van der Waals surface area contributed by atoms with Gasteiger partial charge in [0.15, 0.2) is 0 Å². The van der Waals surface area contributed by atoms with Crippen LogP contribution in [0.2, 0.25) is 0 Å². The van der Waals surface area contributed by atoms with Gasteiger partial charge < -0.3 is 10.4 Å². The maximum Gasteiger partial charge on any atom is 0.304 e. The molecule has 0 bridgehead atoms. The first-order chi connectivity index (χ1) is 10.1. The fourth-order valence-corrected chi connectivity index (χ4v) is 2.03. The molecule has 2 N–H and O–H groups in total. The maximum atomic E-state index is 11.8. The largest absolute Gasteiger partial charge is 0.481 e. The van der Waals surface area contributed by atoms with Gasteiger partial charge in [-0.2, -0.15) is 0 Å². The minimum atomic E-state index is -0.836. The van der Waals surface area contributed by atoms with Crippen LogP contribution in [0.5, 0.6) is 0 Å². The van der Waals surface area contributed by atoms with Gasteiger partial charge in [0, 0.05) is 13.1 Å². The Hall–Kier alpha value is -1.88. The first-order valence-electron chi connectivity index (χ1n) is 7.36. The molecule has 0 spiro atoms. The van der Waals surface area contributed by atoms with Crippen LogP contribution in [0.3, 0.4) is 0 Å². The van der Waals surface area contributed by atoms with E-state index in [9.17, 15) is 9.59 Å². The number of carboxylic acid groups (broad SMARTS) is 1. The zero-order valence-corrected chi connectivity index (χ0v) is 12.5. The molecule has 5 nitrogen and oxygen atoms in total. The van der Waals surface area contributed by atoms with E-state index in [1.807, 2.05) is 30.0 Å². The highest BCUT2D eigenvalue weighted by atomic mass is 16.4.